The first kappa shape index (κ1) is 30.0. The van der Waals surface area contributed by atoms with Gasteiger partial charge in [0.2, 0.25) is 14.7 Å². The average Bonchev–Trinajstić information content (AvgIpc) is 2.73. The SMILES string of the molecule is COP(C)(=O)CS(=O)(=O)c1ccc(N)cc1.COP(C)(=O)CS(=O)(=O)c1ccc([N+](=O)[O-])cc1. The van der Waals surface area contributed by atoms with E-state index in [9.17, 15) is 36.1 Å². The number of nitro groups is 1. The number of hydrogen-bond donors (Lipinski definition) is 1. The summed E-state index contributed by atoms with van der Waals surface area (Å²) in [7, 11) is -11.3. The highest BCUT2D eigenvalue weighted by Crippen LogP contribution is 2.44. The summed E-state index contributed by atoms with van der Waals surface area (Å²) in [5.74, 6) is 0. The highest BCUT2D eigenvalue weighted by Gasteiger charge is 2.27. The summed E-state index contributed by atoms with van der Waals surface area (Å²) < 4.78 is 79.9. The van der Waals surface area contributed by atoms with Crippen LogP contribution in [0.2, 0.25) is 0 Å². The van der Waals surface area contributed by atoms with E-state index >= 15 is 0 Å². The lowest BCUT2D eigenvalue weighted by Gasteiger charge is -2.11. The summed E-state index contributed by atoms with van der Waals surface area (Å²) in [5.41, 5.74) is 4.59. The maximum atomic E-state index is 11.9. The molecule has 16 heteroatoms. The van der Waals surface area contributed by atoms with Crippen LogP contribution in [0.4, 0.5) is 11.4 Å². The highest BCUT2D eigenvalue weighted by molar-refractivity contribution is 7.98. The van der Waals surface area contributed by atoms with E-state index in [1.54, 1.807) is 0 Å². The van der Waals surface area contributed by atoms with Crippen LogP contribution in [-0.2, 0) is 37.9 Å². The molecule has 2 aromatic rings. The fraction of sp³-hybridized carbons (Fsp3) is 0.333. The van der Waals surface area contributed by atoms with E-state index in [0.29, 0.717) is 5.69 Å². The summed E-state index contributed by atoms with van der Waals surface area (Å²) >= 11 is 0. The van der Waals surface area contributed by atoms with Crippen LogP contribution in [0.3, 0.4) is 0 Å². The van der Waals surface area contributed by atoms with Gasteiger partial charge in [-0.3, -0.25) is 19.2 Å². The van der Waals surface area contributed by atoms with Crippen molar-refractivity contribution >= 4 is 45.8 Å². The summed E-state index contributed by atoms with van der Waals surface area (Å²) in [4.78, 5) is 9.78. The molecule has 0 amide bonds. The number of sulfone groups is 2. The fourth-order valence-corrected chi connectivity index (χ4v) is 10.4. The summed E-state index contributed by atoms with van der Waals surface area (Å²) in [6, 6.07) is 10.1. The molecule has 0 spiro atoms. The molecule has 2 atom stereocenters. The van der Waals surface area contributed by atoms with E-state index in [2.05, 4.69) is 9.05 Å². The van der Waals surface area contributed by atoms with Gasteiger partial charge >= 0.3 is 0 Å². The van der Waals surface area contributed by atoms with E-state index in [1.165, 1.54) is 51.8 Å². The number of benzene rings is 2. The molecule has 2 unspecified atom stereocenters. The number of non-ortho nitro benzene ring substituents is 1. The molecule has 0 aromatic heterocycles. The Hall–Kier alpha value is -2.08. The first-order valence-electron chi connectivity index (χ1n) is 9.25. The Morgan fingerprint density at radius 3 is 1.41 bits per heavy atom. The molecule has 12 nitrogen and oxygen atoms in total. The lowest BCUT2D eigenvalue weighted by molar-refractivity contribution is -0.384. The summed E-state index contributed by atoms with van der Waals surface area (Å²) in [5, 5.41) is 10.4. The van der Waals surface area contributed by atoms with Crippen LogP contribution in [0.25, 0.3) is 0 Å². The van der Waals surface area contributed by atoms with Gasteiger partial charge < -0.3 is 14.8 Å². The first-order chi connectivity index (χ1) is 15.4. The lowest BCUT2D eigenvalue weighted by Crippen LogP contribution is -2.08. The Labute approximate surface area is 198 Å². The minimum absolute atomic E-state index is 0.0980. The molecule has 2 aromatic carbocycles. The zero-order valence-corrected chi connectivity index (χ0v) is 22.3. The molecule has 2 rings (SSSR count). The van der Waals surface area contributed by atoms with Crippen LogP contribution in [0, 0.1) is 10.1 Å². The Balaban J connectivity index is 0.000000342. The maximum Gasteiger partial charge on any atom is 0.269 e. The van der Waals surface area contributed by atoms with Gasteiger partial charge in [-0.1, -0.05) is 0 Å². The van der Waals surface area contributed by atoms with Gasteiger partial charge in [0.15, 0.2) is 19.7 Å². The Bertz CT molecular complexity index is 1310. The Kier molecular flexibility index (Phi) is 10.2. The molecular weight excluding hydrogens is 530 g/mol. The number of rotatable bonds is 9. The summed E-state index contributed by atoms with van der Waals surface area (Å²) in [6.45, 7) is 2.51. The van der Waals surface area contributed by atoms with E-state index in [4.69, 9.17) is 5.73 Å². The van der Waals surface area contributed by atoms with Crippen molar-refractivity contribution in [2.75, 3.05) is 44.3 Å². The Morgan fingerprint density at radius 1 is 0.794 bits per heavy atom. The normalized spacial score (nSPS) is 15.3. The molecule has 34 heavy (non-hydrogen) atoms. The second kappa shape index (κ2) is 11.6. The molecule has 0 bridgehead atoms. The average molecular weight is 556 g/mol. The quantitative estimate of drug-likeness (QED) is 0.206. The van der Waals surface area contributed by atoms with Crippen molar-refractivity contribution in [2.45, 2.75) is 9.79 Å². The third-order valence-corrected chi connectivity index (χ3v) is 14.2. The third kappa shape index (κ3) is 9.28. The van der Waals surface area contributed by atoms with Crippen molar-refractivity contribution in [3.05, 3.63) is 58.6 Å². The molecule has 0 aliphatic carbocycles. The van der Waals surface area contributed by atoms with Gasteiger partial charge in [-0.05, 0) is 36.4 Å². The summed E-state index contributed by atoms with van der Waals surface area (Å²) in [6.07, 6.45) is 0. The van der Waals surface area contributed by atoms with Crippen LogP contribution >= 0.6 is 14.7 Å². The predicted octanol–water partition coefficient (Wildman–Crippen LogP) is 3.43. The van der Waals surface area contributed by atoms with Gasteiger partial charge in [-0.2, -0.15) is 0 Å². The molecule has 0 saturated carbocycles. The predicted molar refractivity (Wildman–Crippen MR) is 129 cm³/mol. The third-order valence-electron chi connectivity index (χ3n) is 4.23. The van der Waals surface area contributed by atoms with Gasteiger partial charge in [-0.15, -0.1) is 0 Å². The van der Waals surface area contributed by atoms with Gasteiger partial charge in [0.25, 0.3) is 5.69 Å². The van der Waals surface area contributed by atoms with E-state index in [-0.39, 0.29) is 15.5 Å². The van der Waals surface area contributed by atoms with Gasteiger partial charge in [0, 0.05) is 45.4 Å². The number of hydrogen-bond acceptors (Lipinski definition) is 11. The second-order valence-corrected chi connectivity index (χ2v) is 17.5. The standard InChI is InChI=1S/C9H12NO6PS.C9H14NO4PS/c1-16-17(2,13)7-18(14,15)9-5-3-8(4-6-9)10(11)12;1-14-15(2,11)7-16(12,13)9-5-3-8(10)4-6-9/h3-6H,7H2,1-2H3;3-6H,7,10H2,1-2H3. The molecule has 0 aliphatic rings. The zero-order valence-electron chi connectivity index (χ0n) is 18.9. The zero-order chi connectivity index (χ0) is 26.4. The smallest absolute Gasteiger partial charge is 0.269 e. The van der Waals surface area contributed by atoms with Crippen LogP contribution in [0.1, 0.15) is 0 Å². The monoisotopic (exact) mass is 556 g/mol. The largest absolute Gasteiger partial charge is 0.399 e. The topological polar surface area (TPSA) is 190 Å². The van der Waals surface area contributed by atoms with Crippen LogP contribution in [-0.4, -0.2) is 60.3 Å². The van der Waals surface area contributed by atoms with Crippen LogP contribution < -0.4 is 5.73 Å². The molecule has 0 fully saturated rings. The van der Waals surface area contributed by atoms with E-state index < -0.39 is 50.3 Å². The Morgan fingerprint density at radius 2 is 1.12 bits per heavy atom. The van der Waals surface area contributed by atoms with Crippen molar-refractivity contribution < 1.29 is 39.9 Å². The molecule has 190 valence electrons. The molecule has 0 aliphatic heterocycles. The van der Waals surface area contributed by atoms with Crippen molar-refractivity contribution in [3.8, 4) is 0 Å². The van der Waals surface area contributed by atoms with Crippen molar-refractivity contribution in [1.82, 2.24) is 0 Å². The van der Waals surface area contributed by atoms with Gasteiger partial charge in [0.05, 0.1) is 14.7 Å². The first-order valence-corrected chi connectivity index (χ1v) is 17.1. The molecule has 0 heterocycles. The molecule has 0 saturated heterocycles. The van der Waals surface area contributed by atoms with Gasteiger partial charge in [-0.25, -0.2) is 16.8 Å². The molecule has 2 N–H and O–H groups in total. The second-order valence-electron chi connectivity index (χ2n) is 7.20. The van der Waals surface area contributed by atoms with E-state index in [1.807, 2.05) is 0 Å². The number of nitrogen functional groups attached to an aromatic ring is 1. The lowest BCUT2D eigenvalue weighted by atomic mass is 10.3. The number of nitrogens with two attached hydrogens (primary N) is 1. The van der Waals surface area contributed by atoms with Crippen molar-refractivity contribution in [2.24, 2.45) is 0 Å². The number of nitro benzene ring substituents is 1. The molecule has 0 radical (unpaired) electrons. The van der Waals surface area contributed by atoms with Crippen molar-refractivity contribution in [1.29, 1.82) is 0 Å². The van der Waals surface area contributed by atoms with Crippen molar-refractivity contribution in [3.63, 3.8) is 0 Å². The number of anilines is 1. The fourth-order valence-electron chi connectivity index (χ4n) is 2.32. The number of nitrogens with zero attached hydrogens (tertiary/aromatic N) is 1. The minimum atomic E-state index is -3.78. The van der Waals surface area contributed by atoms with Crippen LogP contribution in [0.5, 0.6) is 0 Å². The van der Waals surface area contributed by atoms with E-state index in [0.717, 1.165) is 24.3 Å². The van der Waals surface area contributed by atoms with Crippen LogP contribution in [0.15, 0.2) is 58.3 Å². The highest BCUT2D eigenvalue weighted by atomic mass is 32.2. The maximum absolute atomic E-state index is 11.9. The minimum Gasteiger partial charge on any atom is -0.399 e. The van der Waals surface area contributed by atoms with Gasteiger partial charge in [0.1, 0.15) is 11.0 Å². The molecular formula is C18H26N2O10P2S2.